The van der Waals surface area contributed by atoms with Crippen LogP contribution >= 0.6 is 11.8 Å². The third kappa shape index (κ3) is 4.12. The molecule has 1 N–H and O–H groups in total. The minimum atomic E-state index is -0.564. The zero-order valence-corrected chi connectivity index (χ0v) is 12.4. The van der Waals surface area contributed by atoms with Crippen molar-refractivity contribution in [2.75, 3.05) is 7.11 Å². The van der Waals surface area contributed by atoms with Crippen molar-refractivity contribution in [2.24, 2.45) is 0 Å². The Morgan fingerprint density at radius 1 is 1.38 bits per heavy atom. The summed E-state index contributed by atoms with van der Waals surface area (Å²) in [5, 5.41) is 0.872. The molecule has 0 amide bonds. The van der Waals surface area contributed by atoms with Crippen molar-refractivity contribution in [3.8, 4) is 0 Å². The van der Waals surface area contributed by atoms with E-state index in [2.05, 4.69) is 24.7 Å². The predicted molar refractivity (Wildman–Crippen MR) is 76.3 cm³/mol. The van der Waals surface area contributed by atoms with Crippen molar-refractivity contribution in [1.29, 1.82) is 0 Å². The second kappa shape index (κ2) is 6.98. The molecule has 0 aliphatic heterocycles. The normalized spacial score (nSPS) is 10.4. The summed E-state index contributed by atoms with van der Waals surface area (Å²) in [6.45, 7) is 2.01. The predicted octanol–water partition coefficient (Wildman–Crippen LogP) is 1.45. The van der Waals surface area contributed by atoms with E-state index in [1.807, 2.05) is 6.92 Å². The van der Waals surface area contributed by atoms with Crippen molar-refractivity contribution in [1.82, 2.24) is 19.9 Å². The number of carbonyl (C=O) groups excluding carboxylic acids is 1. The van der Waals surface area contributed by atoms with Crippen molar-refractivity contribution >= 4 is 17.7 Å². The van der Waals surface area contributed by atoms with Gasteiger partial charge in [0, 0.05) is 11.8 Å². The number of ether oxygens (including phenoxy) is 1. The van der Waals surface area contributed by atoms with Crippen LogP contribution in [0.4, 0.5) is 0 Å². The molecule has 21 heavy (non-hydrogen) atoms. The Bertz CT molecular complexity index is 702. The lowest BCUT2D eigenvalue weighted by Crippen LogP contribution is -2.10. The van der Waals surface area contributed by atoms with Crippen molar-refractivity contribution in [3.63, 3.8) is 0 Å². The summed E-state index contributed by atoms with van der Waals surface area (Å²) in [4.78, 5) is 38.0. The molecule has 0 aromatic carbocycles. The number of hydrogen-bond donors (Lipinski definition) is 1. The highest BCUT2D eigenvalue weighted by Crippen LogP contribution is 2.21. The van der Waals surface area contributed by atoms with Crippen LogP contribution in [0.1, 0.15) is 29.5 Å². The first-order chi connectivity index (χ1) is 10.1. The van der Waals surface area contributed by atoms with E-state index in [9.17, 15) is 9.59 Å². The van der Waals surface area contributed by atoms with E-state index < -0.39 is 5.97 Å². The van der Waals surface area contributed by atoms with Gasteiger partial charge in [-0.15, -0.1) is 0 Å². The van der Waals surface area contributed by atoms with Crippen LogP contribution < -0.4 is 5.56 Å². The maximum absolute atomic E-state index is 11.6. The molecule has 0 saturated carbocycles. The van der Waals surface area contributed by atoms with Gasteiger partial charge in [-0.05, 0) is 18.2 Å². The third-order valence-corrected chi connectivity index (χ3v) is 3.28. The van der Waals surface area contributed by atoms with Crippen LogP contribution in [0.5, 0.6) is 0 Å². The van der Waals surface area contributed by atoms with E-state index in [1.54, 1.807) is 0 Å². The molecule has 0 aliphatic rings. The highest BCUT2D eigenvalue weighted by molar-refractivity contribution is 7.99. The zero-order valence-electron chi connectivity index (χ0n) is 11.6. The van der Waals surface area contributed by atoms with E-state index >= 15 is 0 Å². The molecule has 110 valence electrons. The maximum Gasteiger partial charge on any atom is 0.358 e. The van der Waals surface area contributed by atoms with Crippen LogP contribution in [0.2, 0.25) is 0 Å². The summed E-state index contributed by atoms with van der Waals surface area (Å²) in [5.41, 5.74) is 0.614. The number of aromatic amines is 1. The highest BCUT2D eigenvalue weighted by Gasteiger charge is 2.10. The van der Waals surface area contributed by atoms with E-state index in [0.29, 0.717) is 10.2 Å². The first kappa shape index (κ1) is 15.2. The smallest absolute Gasteiger partial charge is 0.358 e. The fourth-order valence-corrected chi connectivity index (χ4v) is 2.39. The summed E-state index contributed by atoms with van der Waals surface area (Å²) in [7, 11) is 1.27. The number of nitrogens with one attached hydrogen (secondary N) is 1. The molecule has 0 unspecified atom stereocenters. The quantitative estimate of drug-likeness (QED) is 0.659. The summed E-state index contributed by atoms with van der Waals surface area (Å²) in [5.74, 6) is -0.564. The number of hydrogen-bond acceptors (Lipinski definition) is 7. The lowest BCUT2D eigenvalue weighted by molar-refractivity contribution is 0.0592. The van der Waals surface area contributed by atoms with Gasteiger partial charge in [0.05, 0.1) is 19.5 Å². The standard InChI is InChI=1S/C13H14N4O3S/c1-3-4-8-5-10(18)17-13(15-8)21-11-7-14-6-9(16-11)12(19)20-2/h5-7H,3-4H2,1-2H3,(H,15,17,18). The number of carbonyl (C=O) groups is 1. The van der Waals surface area contributed by atoms with E-state index in [-0.39, 0.29) is 11.3 Å². The fraction of sp³-hybridized carbons (Fsp3) is 0.308. The Balaban J connectivity index is 2.25. The zero-order chi connectivity index (χ0) is 15.2. The van der Waals surface area contributed by atoms with Crippen LogP contribution in [0.3, 0.4) is 0 Å². The van der Waals surface area contributed by atoms with Gasteiger partial charge in [-0.1, -0.05) is 13.3 Å². The Hall–Kier alpha value is -2.22. The van der Waals surface area contributed by atoms with Gasteiger partial charge >= 0.3 is 5.97 Å². The van der Waals surface area contributed by atoms with Crippen LogP contribution in [0.15, 0.2) is 33.4 Å². The molecule has 8 heteroatoms. The summed E-state index contributed by atoms with van der Waals surface area (Å²) >= 11 is 1.14. The second-order valence-corrected chi connectivity index (χ2v) is 5.14. The number of nitrogens with zero attached hydrogens (tertiary/aromatic N) is 3. The van der Waals surface area contributed by atoms with Gasteiger partial charge in [0.15, 0.2) is 10.9 Å². The molecular weight excluding hydrogens is 292 g/mol. The molecule has 0 fully saturated rings. The third-order valence-electron chi connectivity index (χ3n) is 2.49. The minimum Gasteiger partial charge on any atom is -0.464 e. The molecule has 2 heterocycles. The second-order valence-electron chi connectivity index (χ2n) is 4.13. The highest BCUT2D eigenvalue weighted by atomic mass is 32.2. The number of methoxy groups -OCH3 is 1. The van der Waals surface area contributed by atoms with Gasteiger partial charge in [-0.25, -0.2) is 14.8 Å². The van der Waals surface area contributed by atoms with Gasteiger partial charge in [-0.2, -0.15) is 0 Å². The lowest BCUT2D eigenvalue weighted by atomic mass is 10.2. The molecule has 0 bridgehead atoms. The van der Waals surface area contributed by atoms with Gasteiger partial charge < -0.3 is 9.72 Å². The van der Waals surface area contributed by atoms with Crippen molar-refractivity contribution < 1.29 is 9.53 Å². The molecule has 2 rings (SSSR count). The SMILES string of the molecule is CCCc1cc(=O)[nH]c(Sc2cncc(C(=O)OC)n2)n1. The van der Waals surface area contributed by atoms with Gasteiger partial charge in [0.2, 0.25) is 0 Å². The average molecular weight is 306 g/mol. The fourth-order valence-electron chi connectivity index (χ4n) is 1.62. The van der Waals surface area contributed by atoms with Crippen LogP contribution in [0, 0.1) is 0 Å². The van der Waals surface area contributed by atoms with Crippen LogP contribution in [-0.2, 0) is 11.2 Å². The Morgan fingerprint density at radius 3 is 2.90 bits per heavy atom. The van der Waals surface area contributed by atoms with Crippen molar-refractivity contribution in [3.05, 3.63) is 40.2 Å². The number of aryl methyl sites for hydroxylation is 1. The van der Waals surface area contributed by atoms with Gasteiger partial charge in [0.1, 0.15) is 5.03 Å². The lowest BCUT2D eigenvalue weighted by Gasteiger charge is -2.03. The summed E-state index contributed by atoms with van der Waals surface area (Å²) < 4.78 is 4.59. The molecule has 0 aliphatic carbocycles. The summed E-state index contributed by atoms with van der Waals surface area (Å²) in [6, 6.07) is 1.48. The van der Waals surface area contributed by atoms with Crippen LogP contribution in [0.25, 0.3) is 0 Å². The van der Waals surface area contributed by atoms with Gasteiger partial charge in [0.25, 0.3) is 5.56 Å². The Morgan fingerprint density at radius 2 is 2.19 bits per heavy atom. The average Bonchev–Trinajstić information content (AvgIpc) is 2.46. The maximum atomic E-state index is 11.6. The monoisotopic (exact) mass is 306 g/mol. The topological polar surface area (TPSA) is 97.8 Å². The summed E-state index contributed by atoms with van der Waals surface area (Å²) in [6.07, 6.45) is 4.44. The molecule has 0 spiro atoms. The molecular formula is C13H14N4O3S. The molecule has 2 aromatic heterocycles. The van der Waals surface area contributed by atoms with E-state index in [0.717, 1.165) is 30.3 Å². The van der Waals surface area contributed by atoms with Crippen LogP contribution in [-0.4, -0.2) is 33.0 Å². The number of H-pyrrole nitrogens is 1. The molecule has 0 radical (unpaired) electrons. The van der Waals surface area contributed by atoms with E-state index in [4.69, 9.17) is 0 Å². The Labute approximate surface area is 125 Å². The van der Waals surface area contributed by atoms with Gasteiger partial charge in [-0.3, -0.25) is 9.78 Å². The molecule has 0 saturated heterocycles. The van der Waals surface area contributed by atoms with E-state index in [1.165, 1.54) is 25.6 Å². The number of rotatable bonds is 5. The molecule has 7 nitrogen and oxygen atoms in total. The first-order valence-electron chi connectivity index (χ1n) is 6.31. The molecule has 2 aromatic rings. The largest absolute Gasteiger partial charge is 0.464 e. The minimum absolute atomic E-state index is 0.106. The van der Waals surface area contributed by atoms with Crippen molar-refractivity contribution in [2.45, 2.75) is 29.9 Å². The number of esters is 1. The molecule has 0 atom stereocenters. The Kier molecular flexibility index (Phi) is 5.04. The first-order valence-corrected chi connectivity index (χ1v) is 7.12. The number of aromatic nitrogens is 4.